The summed E-state index contributed by atoms with van der Waals surface area (Å²) in [5.41, 5.74) is 2.01. The van der Waals surface area contributed by atoms with Gasteiger partial charge in [0.05, 0.1) is 0 Å². The van der Waals surface area contributed by atoms with E-state index in [1.807, 2.05) is 46.8 Å². The Labute approximate surface area is 112 Å². The van der Waals surface area contributed by atoms with Crippen molar-refractivity contribution in [2.75, 3.05) is 13.6 Å². The van der Waals surface area contributed by atoms with E-state index in [9.17, 15) is 4.79 Å². The first-order valence-corrected chi connectivity index (χ1v) is 6.69. The molecule has 2 amide bonds. The molecule has 1 heterocycles. The Bertz CT molecular complexity index is 304. The Morgan fingerprint density at radius 1 is 1.28 bits per heavy atom. The number of rotatable bonds is 1. The fourth-order valence-electron chi connectivity index (χ4n) is 1.39. The molecule has 0 atom stereocenters. The summed E-state index contributed by atoms with van der Waals surface area (Å²) in [6, 6.07) is -0.0504. The van der Waals surface area contributed by atoms with Crippen LogP contribution >= 0.6 is 0 Å². The van der Waals surface area contributed by atoms with Gasteiger partial charge < -0.3 is 10.2 Å². The SMILES string of the molecule is C=C/C=C1/CCN(C)C(=O)N/C1=C/C.CC.CC. The normalized spacial score (nSPS) is 19.0. The maximum atomic E-state index is 11.5. The predicted molar refractivity (Wildman–Crippen MR) is 80.5 cm³/mol. The van der Waals surface area contributed by atoms with Gasteiger partial charge in [-0.05, 0) is 18.9 Å². The summed E-state index contributed by atoms with van der Waals surface area (Å²) in [5.74, 6) is 0. The second kappa shape index (κ2) is 12.0. The average Bonchev–Trinajstić information content (AvgIpc) is 2.56. The van der Waals surface area contributed by atoms with Gasteiger partial charge in [0.25, 0.3) is 0 Å². The molecule has 1 fully saturated rings. The molecule has 0 aliphatic carbocycles. The number of carbonyl (C=O) groups excluding carboxylic acids is 1. The molecule has 1 rings (SSSR count). The first-order valence-electron chi connectivity index (χ1n) is 6.69. The molecule has 0 saturated carbocycles. The maximum Gasteiger partial charge on any atom is 0.321 e. The molecule has 1 saturated heterocycles. The lowest BCUT2D eigenvalue weighted by molar-refractivity contribution is 0.214. The molecule has 1 aliphatic heterocycles. The molecule has 18 heavy (non-hydrogen) atoms. The summed E-state index contributed by atoms with van der Waals surface area (Å²) in [6.45, 7) is 14.3. The van der Waals surface area contributed by atoms with Crippen LogP contribution in [0.25, 0.3) is 0 Å². The minimum Gasteiger partial charge on any atom is -0.327 e. The summed E-state index contributed by atoms with van der Waals surface area (Å²) >= 11 is 0. The lowest BCUT2D eigenvalue weighted by Crippen LogP contribution is -2.34. The van der Waals surface area contributed by atoms with E-state index in [1.54, 1.807) is 18.0 Å². The summed E-state index contributed by atoms with van der Waals surface area (Å²) < 4.78 is 0. The second-order valence-electron chi connectivity index (χ2n) is 3.23. The third kappa shape index (κ3) is 6.28. The zero-order valence-electron chi connectivity index (χ0n) is 12.7. The number of nitrogens with zero attached hydrogens (tertiary/aromatic N) is 1. The molecular formula is C15H28N2O. The van der Waals surface area contributed by atoms with Crippen LogP contribution in [0.5, 0.6) is 0 Å². The van der Waals surface area contributed by atoms with Crippen LogP contribution in [0.3, 0.4) is 0 Å². The average molecular weight is 252 g/mol. The Morgan fingerprint density at radius 2 is 1.83 bits per heavy atom. The van der Waals surface area contributed by atoms with E-state index >= 15 is 0 Å². The van der Waals surface area contributed by atoms with Gasteiger partial charge in [0, 0.05) is 19.3 Å². The van der Waals surface area contributed by atoms with E-state index in [1.165, 1.54) is 0 Å². The molecule has 0 aromatic heterocycles. The Hall–Kier alpha value is -1.51. The number of allylic oxidation sites excluding steroid dienone is 4. The highest BCUT2D eigenvalue weighted by Crippen LogP contribution is 2.16. The molecule has 0 radical (unpaired) electrons. The summed E-state index contributed by atoms with van der Waals surface area (Å²) in [7, 11) is 1.79. The number of carbonyl (C=O) groups is 1. The van der Waals surface area contributed by atoms with Gasteiger partial charge in [0.2, 0.25) is 0 Å². The third-order valence-corrected chi connectivity index (χ3v) is 2.26. The van der Waals surface area contributed by atoms with Gasteiger partial charge in [-0.15, -0.1) is 0 Å². The lowest BCUT2D eigenvalue weighted by Gasteiger charge is -2.12. The van der Waals surface area contributed by atoms with E-state index in [2.05, 4.69) is 11.9 Å². The van der Waals surface area contributed by atoms with Crippen LogP contribution in [0, 0.1) is 0 Å². The lowest BCUT2D eigenvalue weighted by atomic mass is 10.1. The van der Waals surface area contributed by atoms with Gasteiger partial charge in [-0.25, -0.2) is 4.79 Å². The third-order valence-electron chi connectivity index (χ3n) is 2.26. The minimum atomic E-state index is -0.0504. The number of hydrogen-bond donors (Lipinski definition) is 1. The van der Waals surface area contributed by atoms with Gasteiger partial charge in [-0.2, -0.15) is 0 Å². The van der Waals surface area contributed by atoms with Crippen molar-refractivity contribution in [2.24, 2.45) is 0 Å². The molecule has 0 aromatic carbocycles. The smallest absolute Gasteiger partial charge is 0.321 e. The Morgan fingerprint density at radius 3 is 2.28 bits per heavy atom. The molecule has 3 heteroatoms. The van der Waals surface area contributed by atoms with Gasteiger partial charge in [0.1, 0.15) is 0 Å². The minimum absolute atomic E-state index is 0.0504. The van der Waals surface area contributed by atoms with Crippen LogP contribution in [0.2, 0.25) is 0 Å². The number of nitrogens with one attached hydrogen (secondary N) is 1. The molecular weight excluding hydrogens is 224 g/mol. The van der Waals surface area contributed by atoms with Crippen molar-refractivity contribution in [1.29, 1.82) is 0 Å². The first kappa shape index (κ1) is 18.8. The van der Waals surface area contributed by atoms with Crippen molar-refractivity contribution in [2.45, 2.75) is 41.0 Å². The van der Waals surface area contributed by atoms with Crippen molar-refractivity contribution in [3.63, 3.8) is 0 Å². The van der Waals surface area contributed by atoms with Gasteiger partial charge in [-0.1, -0.05) is 52.5 Å². The van der Waals surface area contributed by atoms with E-state index in [0.717, 1.165) is 24.2 Å². The summed E-state index contributed by atoms with van der Waals surface area (Å²) in [4.78, 5) is 13.1. The summed E-state index contributed by atoms with van der Waals surface area (Å²) in [6.07, 6.45) is 6.46. The quantitative estimate of drug-likeness (QED) is 0.748. The zero-order valence-corrected chi connectivity index (χ0v) is 12.7. The standard InChI is InChI=1S/C11H16N2O.2C2H6/c1-4-6-9-7-8-13(3)11(14)12-10(9)5-2;2*1-2/h4-6H,1,7-8H2,2-3H3,(H,12,14);2*1-2H3/b9-6-,10-5+;;. The fourth-order valence-corrected chi connectivity index (χ4v) is 1.39. The zero-order chi connectivity index (χ0) is 14.6. The van der Waals surface area contributed by atoms with E-state index in [0.29, 0.717) is 0 Å². The van der Waals surface area contributed by atoms with Crippen LogP contribution in [-0.2, 0) is 0 Å². The van der Waals surface area contributed by atoms with Crippen LogP contribution in [0.1, 0.15) is 41.0 Å². The molecule has 3 nitrogen and oxygen atoms in total. The fraction of sp³-hybridized carbons (Fsp3) is 0.533. The first-order chi connectivity index (χ1) is 8.69. The molecule has 1 N–H and O–H groups in total. The van der Waals surface area contributed by atoms with E-state index in [4.69, 9.17) is 0 Å². The molecule has 1 aliphatic rings. The van der Waals surface area contributed by atoms with E-state index < -0.39 is 0 Å². The second-order valence-corrected chi connectivity index (χ2v) is 3.23. The largest absolute Gasteiger partial charge is 0.327 e. The maximum absolute atomic E-state index is 11.5. The highest BCUT2D eigenvalue weighted by Gasteiger charge is 2.17. The number of hydrogen-bond acceptors (Lipinski definition) is 1. The van der Waals surface area contributed by atoms with Crippen molar-refractivity contribution in [1.82, 2.24) is 10.2 Å². The van der Waals surface area contributed by atoms with Crippen molar-refractivity contribution in [3.05, 3.63) is 36.1 Å². The van der Waals surface area contributed by atoms with Gasteiger partial charge >= 0.3 is 6.03 Å². The molecule has 0 spiro atoms. The van der Waals surface area contributed by atoms with Crippen molar-refractivity contribution < 1.29 is 4.79 Å². The van der Waals surface area contributed by atoms with Gasteiger partial charge in [-0.3, -0.25) is 0 Å². The van der Waals surface area contributed by atoms with Gasteiger partial charge in [0.15, 0.2) is 0 Å². The number of urea groups is 1. The molecule has 104 valence electrons. The molecule has 0 unspecified atom stereocenters. The topological polar surface area (TPSA) is 32.3 Å². The number of amides is 2. The summed E-state index contributed by atoms with van der Waals surface area (Å²) in [5, 5.41) is 2.85. The molecule has 0 bridgehead atoms. The van der Waals surface area contributed by atoms with Crippen molar-refractivity contribution in [3.8, 4) is 0 Å². The highest BCUT2D eigenvalue weighted by atomic mass is 16.2. The Balaban J connectivity index is 0. The Kier molecular flexibility index (Phi) is 12.5. The highest BCUT2D eigenvalue weighted by molar-refractivity contribution is 5.77. The van der Waals surface area contributed by atoms with Crippen LogP contribution in [-0.4, -0.2) is 24.5 Å². The van der Waals surface area contributed by atoms with Crippen molar-refractivity contribution >= 4 is 6.03 Å². The van der Waals surface area contributed by atoms with Crippen LogP contribution in [0.15, 0.2) is 36.1 Å². The molecule has 0 aromatic rings. The van der Waals surface area contributed by atoms with Crippen LogP contribution < -0.4 is 5.32 Å². The van der Waals surface area contributed by atoms with E-state index in [-0.39, 0.29) is 6.03 Å². The predicted octanol–water partition coefficient (Wildman–Crippen LogP) is 4.10. The van der Waals surface area contributed by atoms with Crippen LogP contribution in [0.4, 0.5) is 4.79 Å². The monoisotopic (exact) mass is 252 g/mol.